The summed E-state index contributed by atoms with van der Waals surface area (Å²) in [5, 5.41) is 0. The van der Waals surface area contributed by atoms with Crippen LogP contribution in [0.5, 0.6) is 0 Å². The van der Waals surface area contributed by atoms with Gasteiger partial charge in [-0.3, -0.25) is 0 Å². The number of benzene rings is 1. The largest absolute Gasteiger partial charge is 0.423 e. The van der Waals surface area contributed by atoms with Crippen LogP contribution in [-0.4, -0.2) is 18.1 Å². The second-order valence-electron chi connectivity index (χ2n) is 5.87. The van der Waals surface area contributed by atoms with E-state index < -0.39 is 0 Å². The van der Waals surface area contributed by atoms with Crippen LogP contribution >= 0.6 is 0 Å². The Bertz CT molecular complexity index is 582. The Hall–Kier alpha value is -1.71. The van der Waals surface area contributed by atoms with Crippen LogP contribution in [0.15, 0.2) is 22.6 Å². The van der Waals surface area contributed by atoms with Crippen molar-refractivity contribution in [1.29, 1.82) is 0 Å². The summed E-state index contributed by atoms with van der Waals surface area (Å²) in [6.45, 7) is 6.69. The Labute approximate surface area is 113 Å². The molecule has 1 aromatic heterocycles. The molecule has 1 aromatic carbocycles. The van der Waals surface area contributed by atoms with E-state index in [1.165, 1.54) is 19.3 Å². The molecule has 3 rings (SSSR count). The Balaban J connectivity index is 1.82. The van der Waals surface area contributed by atoms with Crippen LogP contribution in [0, 0.1) is 5.41 Å². The summed E-state index contributed by atoms with van der Waals surface area (Å²) in [4.78, 5) is 6.80. The van der Waals surface area contributed by atoms with Crippen LogP contribution in [-0.2, 0) is 0 Å². The molecule has 1 aliphatic rings. The van der Waals surface area contributed by atoms with Crippen molar-refractivity contribution in [3.63, 3.8) is 0 Å². The molecule has 0 amide bonds. The SMILES string of the molecule is CCC1(C)CCN(c2nc3ccc(N)cc3o2)CC1. The maximum absolute atomic E-state index is 5.82. The number of rotatable bonds is 2. The third-order valence-electron chi connectivity index (χ3n) is 4.50. The first-order chi connectivity index (χ1) is 9.09. The lowest BCUT2D eigenvalue weighted by Crippen LogP contribution is -2.38. The molecule has 1 saturated heterocycles. The van der Waals surface area contributed by atoms with Gasteiger partial charge in [0.05, 0.1) is 0 Å². The van der Waals surface area contributed by atoms with Crippen LogP contribution in [0.3, 0.4) is 0 Å². The minimum absolute atomic E-state index is 0.479. The third kappa shape index (κ3) is 2.27. The van der Waals surface area contributed by atoms with Gasteiger partial charge in [-0.2, -0.15) is 4.98 Å². The van der Waals surface area contributed by atoms with Crippen LogP contribution in [0.4, 0.5) is 11.7 Å². The molecule has 0 saturated carbocycles. The highest BCUT2D eigenvalue weighted by Gasteiger charge is 2.30. The highest BCUT2D eigenvalue weighted by molar-refractivity contribution is 5.78. The summed E-state index contributed by atoms with van der Waals surface area (Å²) in [6, 6.07) is 6.35. The molecule has 2 heterocycles. The van der Waals surface area contributed by atoms with Gasteiger partial charge in [0.25, 0.3) is 6.01 Å². The number of hydrogen-bond donors (Lipinski definition) is 1. The van der Waals surface area contributed by atoms with Gasteiger partial charge in [0.1, 0.15) is 5.52 Å². The van der Waals surface area contributed by atoms with E-state index in [9.17, 15) is 0 Å². The number of nitrogen functional groups attached to an aromatic ring is 1. The van der Waals surface area contributed by atoms with E-state index in [1.807, 2.05) is 18.2 Å². The van der Waals surface area contributed by atoms with E-state index in [0.29, 0.717) is 11.1 Å². The van der Waals surface area contributed by atoms with E-state index >= 15 is 0 Å². The van der Waals surface area contributed by atoms with Crippen LogP contribution < -0.4 is 10.6 Å². The summed E-state index contributed by atoms with van der Waals surface area (Å²) in [6.07, 6.45) is 3.64. The van der Waals surface area contributed by atoms with Crippen molar-refractivity contribution in [2.75, 3.05) is 23.7 Å². The molecule has 0 unspecified atom stereocenters. The van der Waals surface area contributed by atoms with Crippen LogP contribution in [0.2, 0.25) is 0 Å². The molecule has 0 aliphatic carbocycles. The van der Waals surface area contributed by atoms with E-state index in [0.717, 1.165) is 30.2 Å². The van der Waals surface area contributed by atoms with E-state index in [-0.39, 0.29) is 0 Å². The lowest BCUT2D eigenvalue weighted by molar-refractivity contribution is 0.234. The molecule has 1 aliphatic heterocycles. The first-order valence-electron chi connectivity index (χ1n) is 7.01. The van der Waals surface area contributed by atoms with Gasteiger partial charge in [0.15, 0.2) is 5.58 Å². The number of aromatic nitrogens is 1. The second-order valence-corrected chi connectivity index (χ2v) is 5.87. The fourth-order valence-electron chi connectivity index (χ4n) is 2.66. The molecule has 0 atom stereocenters. The zero-order valence-electron chi connectivity index (χ0n) is 11.6. The highest BCUT2D eigenvalue weighted by atomic mass is 16.4. The molecular formula is C15H21N3O. The van der Waals surface area contributed by atoms with Gasteiger partial charge in [0.2, 0.25) is 0 Å². The van der Waals surface area contributed by atoms with Gasteiger partial charge >= 0.3 is 0 Å². The van der Waals surface area contributed by atoms with Crippen molar-refractivity contribution >= 4 is 22.8 Å². The number of nitrogens with zero attached hydrogens (tertiary/aromatic N) is 2. The molecule has 1 fully saturated rings. The summed E-state index contributed by atoms with van der Waals surface area (Å²) in [7, 11) is 0. The van der Waals surface area contributed by atoms with Gasteiger partial charge in [-0.25, -0.2) is 0 Å². The fraction of sp³-hybridized carbons (Fsp3) is 0.533. The molecule has 2 aromatic rings. The van der Waals surface area contributed by atoms with Crippen molar-refractivity contribution in [1.82, 2.24) is 4.98 Å². The average Bonchev–Trinajstić information content (AvgIpc) is 2.82. The fourth-order valence-corrected chi connectivity index (χ4v) is 2.66. The lowest BCUT2D eigenvalue weighted by Gasteiger charge is -2.38. The zero-order chi connectivity index (χ0) is 13.5. The monoisotopic (exact) mass is 259 g/mol. The van der Waals surface area contributed by atoms with E-state index in [2.05, 4.69) is 23.7 Å². The normalized spacial score (nSPS) is 18.9. The second kappa shape index (κ2) is 4.44. The average molecular weight is 259 g/mol. The van der Waals surface area contributed by atoms with E-state index in [4.69, 9.17) is 10.2 Å². The number of oxazole rings is 1. The van der Waals surface area contributed by atoms with Gasteiger partial charge in [0, 0.05) is 24.8 Å². The van der Waals surface area contributed by atoms with Crippen LogP contribution in [0.1, 0.15) is 33.1 Å². The van der Waals surface area contributed by atoms with E-state index in [1.54, 1.807) is 0 Å². The Morgan fingerprint density at radius 3 is 2.79 bits per heavy atom. The minimum Gasteiger partial charge on any atom is -0.423 e. The summed E-state index contributed by atoms with van der Waals surface area (Å²) >= 11 is 0. The first kappa shape index (κ1) is 12.3. The number of piperidine rings is 1. The Kier molecular flexibility index (Phi) is 2.88. The molecule has 0 bridgehead atoms. The topological polar surface area (TPSA) is 55.3 Å². The van der Waals surface area contributed by atoms with Gasteiger partial charge in [-0.05, 0) is 30.4 Å². The number of hydrogen-bond acceptors (Lipinski definition) is 4. The number of nitrogens with two attached hydrogens (primary N) is 1. The van der Waals surface area contributed by atoms with Gasteiger partial charge < -0.3 is 15.1 Å². The van der Waals surface area contributed by atoms with Crippen molar-refractivity contribution in [2.24, 2.45) is 5.41 Å². The molecule has 0 spiro atoms. The van der Waals surface area contributed by atoms with Gasteiger partial charge in [-0.15, -0.1) is 0 Å². The molecule has 4 heteroatoms. The first-order valence-corrected chi connectivity index (χ1v) is 7.01. The van der Waals surface area contributed by atoms with Crippen molar-refractivity contribution in [3.05, 3.63) is 18.2 Å². The Morgan fingerprint density at radius 1 is 1.37 bits per heavy atom. The summed E-state index contributed by atoms with van der Waals surface area (Å²) in [5.41, 5.74) is 8.62. The van der Waals surface area contributed by atoms with Crippen molar-refractivity contribution in [3.8, 4) is 0 Å². The quantitative estimate of drug-likeness (QED) is 0.839. The predicted molar refractivity (Wildman–Crippen MR) is 78.3 cm³/mol. The predicted octanol–water partition coefficient (Wildman–Crippen LogP) is 3.43. The Morgan fingerprint density at radius 2 is 2.11 bits per heavy atom. The molecule has 102 valence electrons. The molecular weight excluding hydrogens is 238 g/mol. The number of fused-ring (bicyclic) bond motifs is 1. The minimum atomic E-state index is 0.479. The number of anilines is 2. The van der Waals surface area contributed by atoms with Crippen molar-refractivity contribution < 1.29 is 4.42 Å². The smallest absolute Gasteiger partial charge is 0.298 e. The van der Waals surface area contributed by atoms with Crippen molar-refractivity contribution in [2.45, 2.75) is 33.1 Å². The molecule has 4 nitrogen and oxygen atoms in total. The zero-order valence-corrected chi connectivity index (χ0v) is 11.6. The standard InChI is InChI=1S/C15H21N3O/c1-3-15(2)6-8-18(9-7-15)14-17-12-5-4-11(16)10-13(12)19-14/h4-5,10H,3,6-9,16H2,1-2H3. The highest BCUT2D eigenvalue weighted by Crippen LogP contribution is 2.36. The summed E-state index contributed by atoms with van der Waals surface area (Å²) in [5.74, 6) is 0. The van der Waals surface area contributed by atoms with Gasteiger partial charge in [-0.1, -0.05) is 20.3 Å². The maximum Gasteiger partial charge on any atom is 0.298 e. The molecule has 2 N–H and O–H groups in total. The maximum atomic E-state index is 5.82. The molecule has 0 radical (unpaired) electrons. The lowest BCUT2D eigenvalue weighted by atomic mass is 9.78. The molecule has 19 heavy (non-hydrogen) atoms. The third-order valence-corrected chi connectivity index (χ3v) is 4.50. The van der Waals surface area contributed by atoms with Crippen LogP contribution in [0.25, 0.3) is 11.1 Å². The summed E-state index contributed by atoms with van der Waals surface area (Å²) < 4.78 is 5.82.